The Hall–Kier alpha value is -3.36. The third kappa shape index (κ3) is 5.18. The number of thiophene rings is 1. The lowest BCUT2D eigenvalue weighted by Crippen LogP contribution is -2.42. The fourth-order valence-corrected chi connectivity index (χ4v) is 4.47. The van der Waals surface area contributed by atoms with E-state index in [-0.39, 0.29) is 36.8 Å². The molecule has 0 saturated carbocycles. The summed E-state index contributed by atoms with van der Waals surface area (Å²) < 4.78 is 19.6. The molecule has 2 aromatic carbocycles. The van der Waals surface area contributed by atoms with Crippen LogP contribution >= 0.6 is 11.3 Å². The van der Waals surface area contributed by atoms with Crippen LogP contribution in [0.5, 0.6) is 0 Å². The third-order valence-electron chi connectivity index (χ3n) is 5.45. The van der Waals surface area contributed by atoms with Gasteiger partial charge in [0.15, 0.2) is 0 Å². The predicted molar refractivity (Wildman–Crippen MR) is 126 cm³/mol. The van der Waals surface area contributed by atoms with Gasteiger partial charge in [-0.05, 0) is 23.1 Å². The van der Waals surface area contributed by atoms with E-state index in [0.29, 0.717) is 29.2 Å². The van der Waals surface area contributed by atoms with Crippen LogP contribution in [-0.2, 0) is 9.53 Å². The molecule has 8 heteroatoms. The van der Waals surface area contributed by atoms with E-state index in [1.54, 1.807) is 37.4 Å². The topological polar surface area (TPSA) is 62.2 Å². The van der Waals surface area contributed by atoms with Crippen molar-refractivity contribution in [1.82, 2.24) is 9.91 Å². The quantitative estimate of drug-likeness (QED) is 0.497. The molecule has 0 unspecified atom stereocenters. The molecule has 1 aliphatic rings. The van der Waals surface area contributed by atoms with Crippen molar-refractivity contribution >= 4 is 28.9 Å². The fraction of sp³-hybridized carbons (Fsp3) is 0.240. The molecule has 3 aromatic rings. The predicted octanol–water partition coefficient (Wildman–Crippen LogP) is 4.35. The number of hydrazone groups is 1. The van der Waals surface area contributed by atoms with E-state index in [1.807, 2.05) is 35.7 Å². The Kier molecular flexibility index (Phi) is 7.26. The smallest absolute Gasteiger partial charge is 0.264 e. The second kappa shape index (κ2) is 10.5. The van der Waals surface area contributed by atoms with Gasteiger partial charge in [0.2, 0.25) is 0 Å². The molecule has 1 aliphatic heterocycles. The maximum absolute atomic E-state index is 14.5. The minimum atomic E-state index is -0.382. The van der Waals surface area contributed by atoms with E-state index in [2.05, 4.69) is 5.10 Å². The maximum atomic E-state index is 14.5. The lowest BCUT2D eigenvalue weighted by molar-refractivity contribution is -0.133. The second-order valence-electron chi connectivity index (χ2n) is 7.59. The van der Waals surface area contributed by atoms with Gasteiger partial charge in [-0.1, -0.05) is 54.6 Å². The van der Waals surface area contributed by atoms with Gasteiger partial charge in [0, 0.05) is 25.6 Å². The molecule has 6 nitrogen and oxygen atoms in total. The average Bonchev–Trinajstić information content (AvgIpc) is 3.53. The number of rotatable bonds is 8. The van der Waals surface area contributed by atoms with Crippen LogP contribution in [0.25, 0.3) is 0 Å². The summed E-state index contributed by atoms with van der Waals surface area (Å²) in [6.45, 7) is 0.417. The summed E-state index contributed by atoms with van der Waals surface area (Å²) >= 11 is 1.32. The molecule has 1 atom stereocenters. The van der Waals surface area contributed by atoms with Crippen LogP contribution < -0.4 is 0 Å². The minimum absolute atomic E-state index is 0.155. The minimum Gasteiger partial charge on any atom is -0.383 e. The standard InChI is InChI=1S/C25H24FN3O3S/c1-32-14-13-28(25(31)23-12-7-15-33-23)17-24(30)29-22(18-8-3-2-4-9-18)16-21(27-29)19-10-5-6-11-20(19)26/h2-12,15,22H,13-14,16-17H2,1H3/t22-/m1/s1. The van der Waals surface area contributed by atoms with Crippen LogP contribution in [0.3, 0.4) is 0 Å². The molecule has 0 saturated heterocycles. The van der Waals surface area contributed by atoms with E-state index < -0.39 is 0 Å². The van der Waals surface area contributed by atoms with Crippen molar-refractivity contribution < 1.29 is 18.7 Å². The molecule has 170 valence electrons. The van der Waals surface area contributed by atoms with Crippen molar-refractivity contribution in [3.63, 3.8) is 0 Å². The Bertz CT molecular complexity index is 1130. The molecule has 33 heavy (non-hydrogen) atoms. The zero-order valence-electron chi connectivity index (χ0n) is 18.2. The molecule has 1 aromatic heterocycles. The monoisotopic (exact) mass is 465 g/mol. The molecule has 0 radical (unpaired) electrons. The number of nitrogens with zero attached hydrogens (tertiary/aromatic N) is 3. The van der Waals surface area contributed by atoms with Gasteiger partial charge in [-0.2, -0.15) is 5.10 Å². The summed E-state index contributed by atoms with van der Waals surface area (Å²) in [5.41, 5.74) is 1.77. The van der Waals surface area contributed by atoms with Crippen LogP contribution in [0.2, 0.25) is 0 Å². The van der Waals surface area contributed by atoms with E-state index in [4.69, 9.17) is 4.74 Å². The fourth-order valence-electron chi connectivity index (χ4n) is 3.78. The summed E-state index contributed by atoms with van der Waals surface area (Å²) in [5, 5.41) is 7.73. The van der Waals surface area contributed by atoms with Crippen molar-refractivity contribution in [2.24, 2.45) is 5.10 Å². The molecular formula is C25H24FN3O3S. The first-order valence-corrected chi connectivity index (χ1v) is 11.5. The molecule has 2 amide bonds. The molecular weight excluding hydrogens is 441 g/mol. The summed E-state index contributed by atoms with van der Waals surface area (Å²) in [6, 6.07) is 19.1. The van der Waals surface area contributed by atoms with Crippen LogP contribution in [0.15, 0.2) is 77.2 Å². The molecule has 0 N–H and O–H groups in total. The Morgan fingerprint density at radius 1 is 1.12 bits per heavy atom. The van der Waals surface area contributed by atoms with Crippen molar-refractivity contribution in [3.8, 4) is 0 Å². The van der Waals surface area contributed by atoms with Gasteiger partial charge in [-0.3, -0.25) is 9.59 Å². The highest BCUT2D eigenvalue weighted by Crippen LogP contribution is 2.33. The normalized spacial score (nSPS) is 15.4. The van der Waals surface area contributed by atoms with Crippen LogP contribution in [0.4, 0.5) is 4.39 Å². The second-order valence-corrected chi connectivity index (χ2v) is 8.54. The van der Waals surface area contributed by atoms with Crippen LogP contribution in [0.1, 0.15) is 33.3 Å². The first-order chi connectivity index (χ1) is 16.1. The van der Waals surface area contributed by atoms with Crippen molar-refractivity contribution in [2.45, 2.75) is 12.5 Å². The highest BCUT2D eigenvalue weighted by Gasteiger charge is 2.35. The number of carbonyl (C=O) groups is 2. The average molecular weight is 466 g/mol. The number of ether oxygens (including phenoxy) is 1. The van der Waals surface area contributed by atoms with E-state index in [9.17, 15) is 14.0 Å². The largest absolute Gasteiger partial charge is 0.383 e. The number of halogens is 1. The summed E-state index contributed by atoms with van der Waals surface area (Å²) in [4.78, 5) is 28.4. The maximum Gasteiger partial charge on any atom is 0.264 e. The van der Waals surface area contributed by atoms with Gasteiger partial charge in [0.05, 0.1) is 23.2 Å². The first kappa shape index (κ1) is 22.8. The number of amides is 2. The molecule has 0 bridgehead atoms. The molecule has 0 spiro atoms. The van der Waals surface area contributed by atoms with Gasteiger partial charge in [-0.15, -0.1) is 11.3 Å². The van der Waals surface area contributed by atoms with Crippen molar-refractivity contribution in [1.29, 1.82) is 0 Å². The van der Waals surface area contributed by atoms with E-state index in [1.165, 1.54) is 27.3 Å². The third-order valence-corrected chi connectivity index (χ3v) is 6.30. The van der Waals surface area contributed by atoms with Crippen molar-refractivity contribution in [2.75, 3.05) is 26.8 Å². The number of carbonyl (C=O) groups excluding carboxylic acids is 2. The van der Waals surface area contributed by atoms with Crippen LogP contribution in [-0.4, -0.2) is 54.2 Å². The first-order valence-electron chi connectivity index (χ1n) is 10.6. The lowest BCUT2D eigenvalue weighted by Gasteiger charge is -2.26. The zero-order valence-corrected chi connectivity index (χ0v) is 19.0. The van der Waals surface area contributed by atoms with Gasteiger partial charge in [0.1, 0.15) is 12.4 Å². The zero-order chi connectivity index (χ0) is 23.2. The van der Waals surface area contributed by atoms with Gasteiger partial charge < -0.3 is 9.64 Å². The Balaban J connectivity index is 1.62. The molecule has 0 fully saturated rings. The highest BCUT2D eigenvalue weighted by molar-refractivity contribution is 7.12. The number of methoxy groups -OCH3 is 1. The Morgan fingerprint density at radius 3 is 2.58 bits per heavy atom. The van der Waals surface area contributed by atoms with Gasteiger partial charge in [-0.25, -0.2) is 9.40 Å². The number of hydrogen-bond donors (Lipinski definition) is 0. The van der Waals surface area contributed by atoms with Gasteiger partial charge in [0.25, 0.3) is 11.8 Å². The highest BCUT2D eigenvalue weighted by atomic mass is 32.1. The Morgan fingerprint density at radius 2 is 1.88 bits per heavy atom. The van der Waals surface area contributed by atoms with E-state index in [0.717, 1.165) is 5.56 Å². The molecule has 2 heterocycles. The number of benzene rings is 2. The molecule has 0 aliphatic carbocycles. The summed E-state index contributed by atoms with van der Waals surface area (Å²) in [7, 11) is 1.55. The summed E-state index contributed by atoms with van der Waals surface area (Å²) in [6.07, 6.45) is 0.383. The number of hydrogen-bond acceptors (Lipinski definition) is 5. The lowest BCUT2D eigenvalue weighted by atomic mass is 9.98. The molecule has 4 rings (SSSR count). The Labute approximate surface area is 195 Å². The summed E-state index contributed by atoms with van der Waals surface area (Å²) in [5.74, 6) is -0.952. The van der Waals surface area contributed by atoms with Crippen molar-refractivity contribution in [3.05, 3.63) is 93.9 Å². The van der Waals surface area contributed by atoms with E-state index >= 15 is 0 Å². The van der Waals surface area contributed by atoms with Gasteiger partial charge >= 0.3 is 0 Å². The SMILES string of the molecule is COCCN(CC(=O)N1N=C(c2ccccc2F)C[C@@H]1c1ccccc1)C(=O)c1cccs1. The van der Waals surface area contributed by atoms with Crippen LogP contribution in [0, 0.1) is 5.82 Å².